The maximum Gasteiger partial charge on any atom is 0.155 e. The van der Waals surface area contributed by atoms with Crippen molar-refractivity contribution in [1.82, 2.24) is 13.7 Å². The molecule has 0 fully saturated rings. The van der Waals surface area contributed by atoms with Crippen LogP contribution in [-0.2, 0) is 34.0 Å². The minimum atomic E-state index is -0.237. The largest absolute Gasteiger partial charge is 0.496 e. The van der Waals surface area contributed by atoms with Gasteiger partial charge in [0.25, 0.3) is 0 Å². The van der Waals surface area contributed by atoms with Gasteiger partial charge < -0.3 is 32.6 Å². The number of benzene rings is 6. The molecule has 0 bridgehead atoms. The molecule has 0 spiro atoms. The molecule has 81 heavy (non-hydrogen) atoms. The minimum absolute atomic E-state index is 0.0593. The number of aryl methyl sites for hydroxylation is 6. The molecule has 0 aliphatic heterocycles. The molecule has 10 nitrogen and oxygen atoms in total. The van der Waals surface area contributed by atoms with E-state index < -0.39 is 0 Å². The SMILES string of the molecule is COc1cc(/C=C/C(=O)CCCn2c(C)cc3cc(F)ccc32)ccc1Cl.COc1cc(/C=C/C(=O)CCCn2c(C)cc3ccccc32)ccc1Cl.COc1cc(OC)c(/C=C/C(=O)CCCn2c(C)cc3ccccc32)cc1Br. The van der Waals surface area contributed by atoms with Crippen LogP contribution in [0.5, 0.6) is 23.0 Å². The maximum absolute atomic E-state index is 13.4. The molecule has 14 heteroatoms. The average Bonchev–Trinajstić information content (AvgIpc) is 4.13. The second-order valence-corrected chi connectivity index (χ2v) is 21.0. The van der Waals surface area contributed by atoms with Gasteiger partial charge in [0.15, 0.2) is 17.3 Å². The predicted molar refractivity (Wildman–Crippen MR) is 333 cm³/mol. The monoisotopic (exact) mass is 1190 g/mol. The first-order valence-electron chi connectivity index (χ1n) is 26.7. The molecule has 6 aromatic carbocycles. The summed E-state index contributed by atoms with van der Waals surface area (Å²) in [5, 5.41) is 4.46. The van der Waals surface area contributed by atoms with Gasteiger partial charge >= 0.3 is 0 Å². The Labute approximate surface area is 492 Å². The molecule has 0 saturated carbocycles. The number of methoxy groups -OCH3 is 4. The fourth-order valence-electron chi connectivity index (χ4n) is 9.59. The molecule has 0 radical (unpaired) electrons. The van der Waals surface area contributed by atoms with Crippen molar-refractivity contribution in [2.24, 2.45) is 0 Å². The van der Waals surface area contributed by atoms with Gasteiger partial charge in [0.1, 0.15) is 28.8 Å². The molecule has 3 heterocycles. The second kappa shape index (κ2) is 29.7. The zero-order valence-electron chi connectivity index (χ0n) is 46.7. The van der Waals surface area contributed by atoms with Crippen molar-refractivity contribution in [2.45, 2.75) is 78.9 Å². The molecule has 0 amide bonds. The molecule has 0 atom stereocenters. The van der Waals surface area contributed by atoms with Crippen molar-refractivity contribution in [3.63, 3.8) is 0 Å². The summed E-state index contributed by atoms with van der Waals surface area (Å²) in [4.78, 5) is 36.6. The topological polar surface area (TPSA) is 103 Å². The number of hydrogen-bond donors (Lipinski definition) is 0. The number of aromatic nitrogens is 3. The summed E-state index contributed by atoms with van der Waals surface area (Å²) in [6, 6.07) is 42.3. The van der Waals surface area contributed by atoms with Gasteiger partial charge in [-0.1, -0.05) is 83.9 Å². The van der Waals surface area contributed by atoms with Gasteiger partial charge in [-0.2, -0.15) is 0 Å². The van der Waals surface area contributed by atoms with Gasteiger partial charge in [0.05, 0.1) is 43.0 Å². The van der Waals surface area contributed by atoms with Gasteiger partial charge in [-0.25, -0.2) is 4.39 Å². The molecule has 0 saturated heterocycles. The number of carbonyl (C=O) groups excluding carboxylic acids is 3. The van der Waals surface area contributed by atoms with Crippen molar-refractivity contribution in [3.8, 4) is 23.0 Å². The molecule has 0 N–H and O–H groups in total. The van der Waals surface area contributed by atoms with Crippen molar-refractivity contribution in [2.75, 3.05) is 28.4 Å². The standard InChI is InChI=1S/C23H24BrNO3.C22H21ClFNO2.C22H22ClNO2/c1-16-13-17-7-4-5-9-21(17)25(16)12-6-8-19(26)11-10-18-14-20(24)23(28-3)15-22(18)27-2;1-15-12-17-14-18(24)7-10-21(17)25(15)11-3-4-19(26)8-5-16-6-9-20(23)22(13-16)27-2;1-16-14-18-6-3-4-8-21(18)24(16)13-5-7-19(25)11-9-17-10-12-20(23)22(15-17)26-2/h4-5,7,9-11,13-15H,6,8,12H2,1-3H3;5-10,12-14H,3-4,11H2,1-2H3;3-4,6,8-12,14-15H,5,7,13H2,1-2H3/b11-10+;8-5+;11-9+. The van der Waals surface area contributed by atoms with E-state index in [0.717, 1.165) is 76.7 Å². The van der Waals surface area contributed by atoms with Gasteiger partial charge in [-0.05, 0) is 181 Å². The van der Waals surface area contributed by atoms with Crippen LogP contribution in [0.25, 0.3) is 50.9 Å². The third-order valence-corrected chi connectivity index (χ3v) is 15.0. The Kier molecular flexibility index (Phi) is 22.4. The third kappa shape index (κ3) is 16.7. The molecule has 3 aromatic heterocycles. The van der Waals surface area contributed by atoms with Gasteiger partial charge in [-0.3, -0.25) is 14.4 Å². The van der Waals surface area contributed by atoms with Crippen LogP contribution in [-0.4, -0.2) is 59.5 Å². The third-order valence-electron chi connectivity index (χ3n) is 13.7. The lowest BCUT2D eigenvalue weighted by Gasteiger charge is -2.09. The molecule has 0 aliphatic rings. The quantitative estimate of drug-likeness (QED) is 0.0623. The lowest BCUT2D eigenvalue weighted by Crippen LogP contribution is -2.02. The number of allylic oxidation sites excluding steroid dienone is 3. The molecule has 420 valence electrons. The van der Waals surface area contributed by atoms with E-state index in [0.29, 0.717) is 52.3 Å². The highest BCUT2D eigenvalue weighted by Crippen LogP contribution is 2.34. The van der Waals surface area contributed by atoms with E-state index in [2.05, 4.69) is 79.9 Å². The summed E-state index contributed by atoms with van der Waals surface area (Å²) in [6.07, 6.45) is 14.0. The highest BCUT2D eigenvalue weighted by Gasteiger charge is 2.12. The summed E-state index contributed by atoms with van der Waals surface area (Å²) < 4.78 is 41.9. The number of ether oxygens (including phenoxy) is 4. The van der Waals surface area contributed by atoms with Crippen LogP contribution in [0.15, 0.2) is 156 Å². The summed E-state index contributed by atoms with van der Waals surface area (Å²) in [5.74, 6) is 2.58. The summed E-state index contributed by atoms with van der Waals surface area (Å²) >= 11 is 15.5. The van der Waals surface area contributed by atoms with Crippen molar-refractivity contribution >= 4 is 107 Å². The molecule has 9 aromatic rings. The van der Waals surface area contributed by atoms with Gasteiger partial charge in [-0.15, -0.1) is 0 Å². The lowest BCUT2D eigenvalue weighted by atomic mass is 10.1. The zero-order chi connectivity index (χ0) is 58.0. The normalized spacial score (nSPS) is 11.3. The summed E-state index contributed by atoms with van der Waals surface area (Å²) in [6.45, 7) is 8.60. The molecule has 0 aliphatic carbocycles. The second-order valence-electron chi connectivity index (χ2n) is 19.4. The van der Waals surface area contributed by atoms with Gasteiger partial charge in [0.2, 0.25) is 0 Å². The van der Waals surface area contributed by atoms with Crippen LogP contribution < -0.4 is 18.9 Å². The lowest BCUT2D eigenvalue weighted by molar-refractivity contribution is -0.115. The Bertz CT molecular complexity index is 3760. The van der Waals surface area contributed by atoms with Crippen molar-refractivity contribution < 1.29 is 37.7 Å². The summed E-state index contributed by atoms with van der Waals surface area (Å²) in [5.41, 5.74) is 9.52. The molecular formula is C67H67BrCl2FN3O7. The number of nitrogens with zero attached hydrogens (tertiary/aromatic N) is 3. The smallest absolute Gasteiger partial charge is 0.155 e. The number of ketones is 3. The van der Waals surface area contributed by atoms with E-state index in [1.165, 1.54) is 45.3 Å². The van der Waals surface area contributed by atoms with Crippen LogP contribution in [0.3, 0.4) is 0 Å². The van der Waals surface area contributed by atoms with E-state index >= 15 is 0 Å². The Morgan fingerprint density at radius 2 is 0.877 bits per heavy atom. The van der Waals surface area contributed by atoms with Crippen molar-refractivity contribution in [3.05, 3.63) is 206 Å². The molecule has 9 rings (SSSR count). The molecule has 0 unspecified atom stereocenters. The van der Waals surface area contributed by atoms with E-state index in [1.807, 2.05) is 61.5 Å². The van der Waals surface area contributed by atoms with Crippen LogP contribution in [0.2, 0.25) is 10.0 Å². The summed E-state index contributed by atoms with van der Waals surface area (Å²) in [7, 11) is 6.34. The van der Waals surface area contributed by atoms with Crippen LogP contribution in [0.1, 0.15) is 72.3 Å². The Morgan fingerprint density at radius 1 is 0.469 bits per heavy atom. The number of halogens is 4. The van der Waals surface area contributed by atoms with E-state index in [9.17, 15) is 18.8 Å². The fraction of sp³-hybridized carbons (Fsp3) is 0.239. The number of fused-ring (bicyclic) bond motifs is 3. The first-order valence-corrected chi connectivity index (χ1v) is 28.2. The van der Waals surface area contributed by atoms with E-state index in [4.69, 9.17) is 42.1 Å². The van der Waals surface area contributed by atoms with E-state index in [1.54, 1.807) is 95.2 Å². The molecular weight excluding hydrogens is 1130 g/mol. The van der Waals surface area contributed by atoms with Gasteiger partial charge in [0, 0.05) is 89.5 Å². The van der Waals surface area contributed by atoms with E-state index in [-0.39, 0.29) is 23.2 Å². The number of carbonyl (C=O) groups is 3. The maximum atomic E-state index is 13.4. The minimum Gasteiger partial charge on any atom is -0.496 e. The van der Waals surface area contributed by atoms with Crippen LogP contribution in [0.4, 0.5) is 4.39 Å². The number of rotatable bonds is 22. The van der Waals surface area contributed by atoms with Crippen molar-refractivity contribution in [1.29, 1.82) is 0 Å². The number of para-hydroxylation sites is 2. The number of hydrogen-bond acceptors (Lipinski definition) is 7. The first kappa shape index (κ1) is 61.0. The zero-order valence-corrected chi connectivity index (χ0v) is 49.8. The predicted octanol–water partition coefficient (Wildman–Crippen LogP) is 17.3. The fourth-order valence-corrected chi connectivity index (χ4v) is 10.5. The van der Waals surface area contributed by atoms with Crippen LogP contribution in [0, 0.1) is 26.6 Å². The average molecular weight is 1200 g/mol. The highest BCUT2D eigenvalue weighted by atomic mass is 79.9. The first-order chi connectivity index (χ1) is 39.1. The Hall–Kier alpha value is -7.64. The Morgan fingerprint density at radius 3 is 1.32 bits per heavy atom. The van der Waals surface area contributed by atoms with Crippen LogP contribution >= 0.6 is 39.1 Å². The highest BCUT2D eigenvalue weighted by molar-refractivity contribution is 9.10. The Balaban J connectivity index is 0.000000175.